The number of urea groups is 1. The molecule has 286 valence electrons. The van der Waals surface area contributed by atoms with Gasteiger partial charge in [0.2, 0.25) is 17.6 Å². The minimum atomic E-state index is -1.09. The number of amides is 5. The topological polar surface area (TPSA) is 177 Å². The Hall–Kier alpha value is -3.96. The highest BCUT2D eigenvalue weighted by molar-refractivity contribution is 6.37. The quantitative estimate of drug-likeness (QED) is 0.162. The number of esters is 1. The lowest BCUT2D eigenvalue weighted by molar-refractivity contribution is -0.153. The molecular weight excluding hydrogens is 662 g/mol. The molecule has 0 spiro atoms. The number of nitrogens with two attached hydrogens (primary N) is 1. The van der Waals surface area contributed by atoms with Crippen LogP contribution in [0.5, 0.6) is 0 Å². The molecule has 4 aliphatic rings. The zero-order chi connectivity index (χ0) is 37.9. The number of Topliss-reactive ketones (excluding diaryl/α,β-unsaturated/α-hetero) is 1. The number of likely N-dealkylation sites (tertiary alicyclic amines) is 1. The van der Waals surface area contributed by atoms with Gasteiger partial charge in [0, 0.05) is 6.54 Å². The van der Waals surface area contributed by atoms with Crippen LogP contribution in [0.1, 0.15) is 111 Å². The molecule has 3 saturated carbocycles. The molecule has 52 heavy (non-hydrogen) atoms. The molecule has 3 unspecified atom stereocenters. The van der Waals surface area contributed by atoms with Crippen molar-refractivity contribution in [3.8, 4) is 0 Å². The summed E-state index contributed by atoms with van der Waals surface area (Å²) in [6.07, 6.45) is 7.00. The minimum absolute atomic E-state index is 0.0931. The minimum Gasteiger partial charge on any atom is -0.456 e. The van der Waals surface area contributed by atoms with Gasteiger partial charge in [0.1, 0.15) is 24.2 Å². The number of carbonyl (C=O) groups excluding carboxylic acids is 6. The van der Waals surface area contributed by atoms with Crippen LogP contribution in [0.15, 0.2) is 30.3 Å². The van der Waals surface area contributed by atoms with Gasteiger partial charge in [-0.05, 0) is 72.7 Å². The smallest absolute Gasteiger partial charge is 0.329 e. The van der Waals surface area contributed by atoms with E-state index in [0.29, 0.717) is 13.0 Å². The van der Waals surface area contributed by atoms with Crippen molar-refractivity contribution in [3.63, 3.8) is 0 Å². The van der Waals surface area contributed by atoms with E-state index in [9.17, 15) is 28.8 Å². The lowest BCUT2D eigenvalue weighted by Gasteiger charge is -2.37. The number of hydrogen-bond acceptors (Lipinski definition) is 7. The van der Waals surface area contributed by atoms with Crippen LogP contribution in [-0.2, 0) is 28.7 Å². The Morgan fingerprint density at radius 3 is 2.10 bits per heavy atom. The Kier molecular flexibility index (Phi) is 12.4. The maximum absolute atomic E-state index is 14.7. The van der Waals surface area contributed by atoms with Crippen LogP contribution < -0.4 is 21.7 Å². The van der Waals surface area contributed by atoms with Crippen molar-refractivity contribution in [1.29, 1.82) is 0 Å². The summed E-state index contributed by atoms with van der Waals surface area (Å²) in [6.45, 7) is 11.9. The molecule has 5 N–H and O–H groups in total. The SMILES string of the molecule is CC(C)C1[C@H]2[C@@H]1CN(C(=O)[C@@H](NC(=O)NC(C(=O)O[C@@H](C)c1ccccc1)C(C)(C)C)C1CCCCC1)[C@@H]2C(=O)NC(CC1CCC1)C(=O)C(N)=O. The monoisotopic (exact) mass is 721 g/mol. The van der Waals surface area contributed by atoms with E-state index in [4.69, 9.17) is 10.5 Å². The molecule has 3 aliphatic carbocycles. The molecule has 5 amide bonds. The summed E-state index contributed by atoms with van der Waals surface area (Å²) in [5, 5.41) is 8.62. The molecule has 1 aliphatic heterocycles. The Bertz CT molecular complexity index is 1480. The van der Waals surface area contributed by atoms with Gasteiger partial charge >= 0.3 is 12.0 Å². The third kappa shape index (κ3) is 8.97. The van der Waals surface area contributed by atoms with Gasteiger partial charge in [0.25, 0.3) is 5.91 Å². The van der Waals surface area contributed by atoms with Crippen molar-refractivity contribution in [2.75, 3.05) is 6.54 Å². The zero-order valence-electron chi connectivity index (χ0n) is 31.7. The summed E-state index contributed by atoms with van der Waals surface area (Å²) in [6, 6.07) is 4.86. The number of nitrogens with zero attached hydrogens (tertiary/aromatic N) is 1. The molecule has 5 rings (SSSR count). The molecule has 1 heterocycles. The average Bonchev–Trinajstić information content (AvgIpc) is 3.66. The highest BCUT2D eigenvalue weighted by atomic mass is 16.5. The van der Waals surface area contributed by atoms with Gasteiger partial charge in [-0.2, -0.15) is 0 Å². The Balaban J connectivity index is 1.35. The van der Waals surface area contributed by atoms with Gasteiger partial charge in [-0.1, -0.05) is 103 Å². The first-order chi connectivity index (χ1) is 24.6. The van der Waals surface area contributed by atoms with E-state index in [1.807, 2.05) is 51.1 Å². The predicted octanol–water partition coefficient (Wildman–Crippen LogP) is 4.41. The molecular formula is C40H59N5O7. The van der Waals surface area contributed by atoms with E-state index in [2.05, 4.69) is 29.8 Å². The van der Waals surface area contributed by atoms with Gasteiger partial charge in [0.15, 0.2) is 0 Å². The number of nitrogens with one attached hydrogen (secondary N) is 3. The fourth-order valence-electron chi connectivity index (χ4n) is 8.87. The summed E-state index contributed by atoms with van der Waals surface area (Å²) in [5.41, 5.74) is 5.51. The van der Waals surface area contributed by atoms with Crippen molar-refractivity contribution < 1.29 is 33.5 Å². The van der Waals surface area contributed by atoms with E-state index < -0.39 is 65.3 Å². The van der Waals surface area contributed by atoms with Crippen LogP contribution in [-0.4, -0.2) is 71.1 Å². The molecule has 8 atom stereocenters. The Morgan fingerprint density at radius 2 is 1.54 bits per heavy atom. The number of carbonyl (C=O) groups is 6. The summed E-state index contributed by atoms with van der Waals surface area (Å²) in [7, 11) is 0. The summed E-state index contributed by atoms with van der Waals surface area (Å²) < 4.78 is 5.81. The Morgan fingerprint density at radius 1 is 0.885 bits per heavy atom. The second kappa shape index (κ2) is 16.4. The lowest BCUT2D eigenvalue weighted by atomic mass is 9.80. The van der Waals surface area contributed by atoms with Crippen molar-refractivity contribution in [2.24, 2.45) is 46.7 Å². The molecule has 4 fully saturated rings. The maximum atomic E-state index is 14.7. The first kappa shape index (κ1) is 39.3. The molecule has 12 heteroatoms. The average molecular weight is 722 g/mol. The van der Waals surface area contributed by atoms with Crippen molar-refractivity contribution in [3.05, 3.63) is 35.9 Å². The number of ketones is 1. The van der Waals surface area contributed by atoms with Gasteiger partial charge in [-0.25, -0.2) is 9.59 Å². The summed E-state index contributed by atoms with van der Waals surface area (Å²) in [4.78, 5) is 82.6. The second-order valence-corrected chi connectivity index (χ2v) is 17.1. The van der Waals surface area contributed by atoms with Crippen molar-refractivity contribution >= 4 is 35.5 Å². The third-order valence-electron chi connectivity index (χ3n) is 12.0. The molecule has 1 aromatic carbocycles. The number of benzene rings is 1. The molecule has 0 aromatic heterocycles. The van der Waals surface area contributed by atoms with E-state index in [1.54, 1.807) is 11.8 Å². The maximum Gasteiger partial charge on any atom is 0.329 e. The van der Waals surface area contributed by atoms with Gasteiger partial charge in [-0.15, -0.1) is 0 Å². The number of fused-ring (bicyclic) bond motifs is 1. The third-order valence-corrected chi connectivity index (χ3v) is 12.0. The van der Waals surface area contributed by atoms with E-state index >= 15 is 0 Å². The van der Waals surface area contributed by atoms with Crippen LogP contribution in [0, 0.1) is 40.9 Å². The number of primary amides is 1. The zero-order valence-corrected chi connectivity index (χ0v) is 31.7. The molecule has 0 bridgehead atoms. The van der Waals surface area contributed by atoms with Gasteiger partial charge < -0.3 is 31.3 Å². The van der Waals surface area contributed by atoms with E-state index in [1.165, 1.54) is 0 Å². The van der Waals surface area contributed by atoms with Crippen molar-refractivity contribution in [1.82, 2.24) is 20.9 Å². The van der Waals surface area contributed by atoms with Crippen LogP contribution in [0.2, 0.25) is 0 Å². The largest absolute Gasteiger partial charge is 0.456 e. The second-order valence-electron chi connectivity index (χ2n) is 17.1. The molecule has 1 aromatic rings. The van der Waals surface area contributed by atoms with Crippen LogP contribution in [0.4, 0.5) is 4.79 Å². The molecule has 0 radical (unpaired) electrons. The first-order valence-electron chi connectivity index (χ1n) is 19.3. The number of hydrogen-bond donors (Lipinski definition) is 4. The first-order valence-corrected chi connectivity index (χ1v) is 19.3. The number of rotatable bonds is 14. The van der Waals surface area contributed by atoms with Crippen LogP contribution in [0.25, 0.3) is 0 Å². The predicted molar refractivity (Wildman–Crippen MR) is 195 cm³/mol. The summed E-state index contributed by atoms with van der Waals surface area (Å²) in [5.74, 6) is -2.70. The summed E-state index contributed by atoms with van der Waals surface area (Å²) >= 11 is 0. The lowest BCUT2D eigenvalue weighted by Crippen LogP contribution is -2.61. The fraction of sp³-hybridized carbons (Fsp3) is 0.700. The Labute approximate surface area is 308 Å². The number of piperidine rings is 1. The highest BCUT2D eigenvalue weighted by Crippen LogP contribution is 2.59. The van der Waals surface area contributed by atoms with Gasteiger partial charge in [0.05, 0.1) is 6.04 Å². The van der Waals surface area contributed by atoms with E-state index in [0.717, 1.165) is 56.9 Å². The molecule has 12 nitrogen and oxygen atoms in total. The van der Waals surface area contributed by atoms with Crippen LogP contribution in [0.3, 0.4) is 0 Å². The van der Waals surface area contributed by atoms with Gasteiger partial charge in [-0.3, -0.25) is 19.2 Å². The van der Waals surface area contributed by atoms with Crippen molar-refractivity contribution in [2.45, 2.75) is 130 Å². The number of ether oxygens (including phenoxy) is 1. The van der Waals surface area contributed by atoms with Crippen LogP contribution >= 0.6 is 0 Å². The molecule has 1 saturated heterocycles. The standard InChI is InChI=1S/C40H59N5O7/c1-22(2)29-27-21-45(32(30(27)29)36(48)42-28(33(46)35(41)47)20-24-14-13-15-24)37(49)31(26-18-11-8-12-19-26)43-39(51)44-34(40(4,5)6)38(50)52-23(3)25-16-9-7-10-17-25/h7,9-10,16-17,22-24,26-32,34H,8,11-15,18-21H2,1-6H3,(H2,41,47)(H,42,48)(H2,43,44,51)/t23-,27+,28?,29?,30+,31-,32-,34?/m0/s1. The fourth-order valence-corrected chi connectivity index (χ4v) is 8.87. The highest BCUT2D eigenvalue weighted by Gasteiger charge is 2.65. The normalized spacial score (nSPS) is 25.5. The van der Waals surface area contributed by atoms with E-state index in [-0.39, 0.29) is 41.4 Å².